The van der Waals surface area contributed by atoms with E-state index in [2.05, 4.69) is 10.3 Å². The lowest BCUT2D eigenvalue weighted by molar-refractivity contribution is -0.382. The van der Waals surface area contributed by atoms with Gasteiger partial charge < -0.3 is 16.0 Å². The molecule has 1 fully saturated rings. The molecule has 21 heavy (non-hydrogen) atoms. The van der Waals surface area contributed by atoms with E-state index in [1.807, 2.05) is 0 Å². The highest BCUT2D eigenvalue weighted by Gasteiger charge is 2.33. The normalized spacial score (nSPS) is 18.9. The van der Waals surface area contributed by atoms with Crippen LogP contribution in [0.25, 0.3) is 10.2 Å². The van der Waals surface area contributed by atoms with Crippen molar-refractivity contribution in [2.45, 2.75) is 6.04 Å². The number of hydrogen-bond donors (Lipinski definition) is 2. The summed E-state index contributed by atoms with van der Waals surface area (Å²) < 4.78 is 0.746. The molecule has 0 aliphatic carbocycles. The third-order valence-corrected chi connectivity index (χ3v) is 4.31. The highest BCUT2D eigenvalue weighted by molar-refractivity contribution is 7.16. The van der Waals surface area contributed by atoms with Crippen molar-refractivity contribution in [2.24, 2.45) is 5.73 Å². The van der Waals surface area contributed by atoms with Gasteiger partial charge in [-0.15, -0.1) is 11.3 Å². The second-order valence-corrected chi connectivity index (χ2v) is 5.59. The lowest BCUT2D eigenvalue weighted by Crippen LogP contribution is -2.57. The lowest BCUT2D eigenvalue weighted by Gasteiger charge is -2.35. The number of nitro benzene ring substituents is 1. The first kappa shape index (κ1) is 13.7. The number of benzene rings is 1. The molecular formula is C12H13N5O3S. The smallest absolute Gasteiger partial charge is 0.319 e. The average Bonchev–Trinajstić information content (AvgIpc) is 2.94. The number of nitrogens with two attached hydrogens (primary N) is 1. The molecule has 9 heteroatoms. The van der Waals surface area contributed by atoms with Crippen molar-refractivity contribution in [3.63, 3.8) is 0 Å². The molecule has 1 aliphatic heterocycles. The Labute approximate surface area is 123 Å². The van der Waals surface area contributed by atoms with E-state index in [4.69, 9.17) is 5.73 Å². The van der Waals surface area contributed by atoms with E-state index in [-0.39, 0.29) is 5.69 Å². The van der Waals surface area contributed by atoms with Crippen molar-refractivity contribution in [1.29, 1.82) is 0 Å². The maximum Gasteiger partial charge on any atom is 0.319 e. The molecule has 0 spiro atoms. The molecule has 0 bridgehead atoms. The van der Waals surface area contributed by atoms with Crippen molar-refractivity contribution in [2.75, 3.05) is 24.5 Å². The molecule has 110 valence electrons. The number of nitrogens with one attached hydrogen (secondary N) is 1. The van der Waals surface area contributed by atoms with Crippen LogP contribution in [0.3, 0.4) is 0 Å². The average molecular weight is 307 g/mol. The van der Waals surface area contributed by atoms with E-state index in [1.54, 1.807) is 22.5 Å². The quantitative estimate of drug-likeness (QED) is 0.629. The molecule has 1 aromatic carbocycles. The summed E-state index contributed by atoms with van der Waals surface area (Å²) >= 11 is 1.34. The SMILES string of the molecule is NC(=O)C1CNCCN1c1ccc2scnc2c1[N+](=O)[O-]. The van der Waals surface area contributed by atoms with Gasteiger partial charge >= 0.3 is 5.69 Å². The molecule has 3 N–H and O–H groups in total. The molecule has 0 radical (unpaired) electrons. The van der Waals surface area contributed by atoms with Gasteiger partial charge in [0, 0.05) is 19.6 Å². The molecule has 0 saturated carbocycles. The van der Waals surface area contributed by atoms with Crippen LogP contribution in [0.2, 0.25) is 0 Å². The molecule has 1 aliphatic rings. The van der Waals surface area contributed by atoms with Gasteiger partial charge in [-0.1, -0.05) is 0 Å². The summed E-state index contributed by atoms with van der Waals surface area (Å²) in [5.74, 6) is -0.505. The van der Waals surface area contributed by atoms with Crippen LogP contribution >= 0.6 is 11.3 Å². The van der Waals surface area contributed by atoms with Gasteiger partial charge in [0.2, 0.25) is 5.91 Å². The highest BCUT2D eigenvalue weighted by atomic mass is 32.1. The first-order valence-corrected chi connectivity index (χ1v) is 7.25. The zero-order chi connectivity index (χ0) is 15.0. The highest BCUT2D eigenvalue weighted by Crippen LogP contribution is 2.37. The minimum absolute atomic E-state index is 0.0677. The number of nitrogens with zero attached hydrogens (tertiary/aromatic N) is 3. The van der Waals surface area contributed by atoms with Crippen LogP contribution in [0.1, 0.15) is 0 Å². The minimum Gasteiger partial charge on any atom is -0.368 e. The third kappa shape index (κ3) is 2.30. The van der Waals surface area contributed by atoms with Gasteiger partial charge in [0.1, 0.15) is 11.7 Å². The Bertz CT molecular complexity index is 716. The first-order valence-electron chi connectivity index (χ1n) is 6.37. The van der Waals surface area contributed by atoms with E-state index >= 15 is 0 Å². The van der Waals surface area contributed by atoms with E-state index in [0.29, 0.717) is 30.8 Å². The number of aromatic nitrogens is 1. The molecular weight excluding hydrogens is 294 g/mol. The predicted molar refractivity (Wildman–Crippen MR) is 79.5 cm³/mol. The number of fused-ring (bicyclic) bond motifs is 1. The van der Waals surface area contributed by atoms with E-state index < -0.39 is 16.9 Å². The molecule has 1 amide bonds. The number of nitro groups is 1. The number of piperazine rings is 1. The van der Waals surface area contributed by atoms with Gasteiger partial charge in [-0.2, -0.15) is 0 Å². The first-order chi connectivity index (χ1) is 10.1. The summed E-state index contributed by atoms with van der Waals surface area (Å²) in [5.41, 5.74) is 7.66. The Morgan fingerprint density at radius 1 is 1.57 bits per heavy atom. The monoisotopic (exact) mass is 307 g/mol. The molecule has 3 rings (SSSR count). The Morgan fingerprint density at radius 3 is 3.10 bits per heavy atom. The van der Waals surface area contributed by atoms with Crippen LogP contribution in [0.5, 0.6) is 0 Å². The number of rotatable bonds is 3. The fourth-order valence-corrected chi connectivity index (χ4v) is 3.24. The van der Waals surface area contributed by atoms with E-state index in [0.717, 1.165) is 4.70 Å². The molecule has 1 atom stereocenters. The standard InChI is InChI=1S/C12H13N5O3S/c13-12(18)8-5-14-3-4-16(8)7-1-2-9-10(15-6-21-9)11(7)17(19)20/h1-2,6,8,14H,3-5H2,(H2,13,18). The second-order valence-electron chi connectivity index (χ2n) is 4.71. The maximum absolute atomic E-state index is 11.6. The Balaban J connectivity index is 2.16. The summed E-state index contributed by atoms with van der Waals surface area (Å²) in [6.07, 6.45) is 0. The minimum atomic E-state index is -0.603. The summed E-state index contributed by atoms with van der Waals surface area (Å²) in [6.45, 7) is 1.49. The fraction of sp³-hybridized carbons (Fsp3) is 0.333. The Kier molecular flexibility index (Phi) is 3.43. The fourth-order valence-electron chi connectivity index (χ4n) is 2.56. The van der Waals surface area contributed by atoms with Crippen molar-refractivity contribution in [3.05, 3.63) is 27.8 Å². The van der Waals surface area contributed by atoms with Crippen molar-refractivity contribution >= 4 is 38.8 Å². The maximum atomic E-state index is 11.6. The molecule has 2 heterocycles. The summed E-state index contributed by atoms with van der Waals surface area (Å²) in [7, 11) is 0. The zero-order valence-corrected chi connectivity index (χ0v) is 11.8. The molecule has 2 aromatic rings. The van der Waals surface area contributed by atoms with Crippen molar-refractivity contribution in [1.82, 2.24) is 10.3 Å². The van der Waals surface area contributed by atoms with Gasteiger partial charge in [0.15, 0.2) is 5.52 Å². The molecule has 8 nitrogen and oxygen atoms in total. The second kappa shape index (κ2) is 5.26. The summed E-state index contributed by atoms with van der Waals surface area (Å²) in [5, 5.41) is 14.5. The molecule has 1 saturated heterocycles. The number of thiazole rings is 1. The number of carbonyl (C=O) groups excluding carboxylic acids is 1. The van der Waals surface area contributed by atoms with Gasteiger partial charge in [0.25, 0.3) is 0 Å². The predicted octanol–water partition coefficient (Wildman–Crippen LogP) is 0.468. The van der Waals surface area contributed by atoms with Crippen LogP contribution in [0.15, 0.2) is 17.6 Å². The Morgan fingerprint density at radius 2 is 2.38 bits per heavy atom. The van der Waals surface area contributed by atoms with Crippen LogP contribution in [-0.2, 0) is 4.79 Å². The van der Waals surface area contributed by atoms with Crippen molar-refractivity contribution < 1.29 is 9.72 Å². The van der Waals surface area contributed by atoms with Gasteiger partial charge in [-0.05, 0) is 12.1 Å². The number of amides is 1. The van der Waals surface area contributed by atoms with Gasteiger partial charge in [-0.25, -0.2) is 4.98 Å². The summed E-state index contributed by atoms with van der Waals surface area (Å²) in [6, 6.07) is 2.85. The number of hydrogen-bond acceptors (Lipinski definition) is 7. The van der Waals surface area contributed by atoms with Crippen LogP contribution in [0, 0.1) is 10.1 Å². The number of primary amides is 1. The van der Waals surface area contributed by atoms with Crippen LogP contribution in [-0.4, -0.2) is 41.5 Å². The zero-order valence-electron chi connectivity index (χ0n) is 11.0. The summed E-state index contributed by atoms with van der Waals surface area (Å²) in [4.78, 5) is 28.4. The number of anilines is 1. The van der Waals surface area contributed by atoms with Gasteiger partial charge in [0.05, 0.1) is 15.1 Å². The van der Waals surface area contributed by atoms with Gasteiger partial charge in [-0.3, -0.25) is 14.9 Å². The number of carbonyl (C=O) groups is 1. The largest absolute Gasteiger partial charge is 0.368 e. The third-order valence-electron chi connectivity index (χ3n) is 3.52. The lowest BCUT2D eigenvalue weighted by atomic mass is 10.1. The van der Waals surface area contributed by atoms with E-state index in [9.17, 15) is 14.9 Å². The Hall–Kier alpha value is -2.26. The van der Waals surface area contributed by atoms with Crippen molar-refractivity contribution in [3.8, 4) is 0 Å². The van der Waals surface area contributed by atoms with Crippen LogP contribution < -0.4 is 16.0 Å². The molecule has 1 aromatic heterocycles. The van der Waals surface area contributed by atoms with Crippen LogP contribution in [0.4, 0.5) is 11.4 Å². The topological polar surface area (TPSA) is 114 Å². The van der Waals surface area contributed by atoms with E-state index in [1.165, 1.54) is 11.3 Å². The molecule has 1 unspecified atom stereocenters.